The summed E-state index contributed by atoms with van der Waals surface area (Å²) in [6.07, 6.45) is 6.86. The van der Waals surface area contributed by atoms with Gasteiger partial charge < -0.3 is 0 Å². The molecule has 2 nitrogen and oxygen atoms in total. The SMILES string of the molecule is CCCCc1nc(-c2nc(CCCC)c(Br)s2)sc1Br.[Ir+3]. The maximum absolute atomic E-state index is 4.75. The number of aryl methyl sites for hydroxylation is 2. The van der Waals surface area contributed by atoms with Crippen molar-refractivity contribution in [3.63, 3.8) is 0 Å². The van der Waals surface area contributed by atoms with Crippen molar-refractivity contribution in [1.82, 2.24) is 9.97 Å². The Hall–Kier alpha value is 0.869. The number of nitrogens with zero attached hydrogens (tertiary/aromatic N) is 2. The van der Waals surface area contributed by atoms with Gasteiger partial charge >= 0.3 is 20.1 Å². The molecular weight excluding hydrogens is 612 g/mol. The number of unbranched alkanes of at least 4 members (excludes halogenated alkanes) is 2. The smallest absolute Gasteiger partial charge is 0.237 e. The Balaban J connectivity index is 0.00000220. The molecule has 0 spiro atoms. The molecule has 2 aromatic heterocycles. The Labute approximate surface area is 164 Å². The van der Waals surface area contributed by atoms with Crippen molar-refractivity contribution >= 4 is 54.5 Å². The van der Waals surface area contributed by atoms with Crippen LogP contribution >= 0.6 is 54.5 Å². The molecule has 0 aliphatic rings. The first-order chi connectivity index (χ1) is 9.65. The predicted octanol–water partition coefficient (Wildman–Crippen LogP) is 6.47. The molecule has 0 aliphatic carbocycles. The molecule has 2 heterocycles. The van der Waals surface area contributed by atoms with Gasteiger partial charge in [0.05, 0.1) is 19.0 Å². The van der Waals surface area contributed by atoms with Gasteiger partial charge in [-0.1, -0.05) is 26.7 Å². The van der Waals surface area contributed by atoms with Crippen LogP contribution in [0.15, 0.2) is 7.57 Å². The van der Waals surface area contributed by atoms with E-state index in [9.17, 15) is 0 Å². The molecule has 0 aliphatic heterocycles. The molecule has 0 saturated carbocycles. The fourth-order valence-corrected chi connectivity index (χ4v) is 5.04. The normalized spacial score (nSPS) is 10.7. The minimum Gasteiger partial charge on any atom is -0.237 e. The fourth-order valence-electron chi connectivity index (χ4n) is 1.85. The van der Waals surface area contributed by atoms with E-state index < -0.39 is 0 Å². The Morgan fingerprint density at radius 3 is 1.52 bits per heavy atom. The summed E-state index contributed by atoms with van der Waals surface area (Å²) in [7, 11) is 0. The minimum absolute atomic E-state index is 0. The topological polar surface area (TPSA) is 25.8 Å². The number of thiazole rings is 2. The molecule has 116 valence electrons. The van der Waals surface area contributed by atoms with Crippen molar-refractivity contribution in [2.24, 2.45) is 0 Å². The second kappa shape index (κ2) is 9.89. The largest absolute Gasteiger partial charge is 3.00 e. The first kappa shape index (κ1) is 19.9. The quantitative estimate of drug-likeness (QED) is 0.351. The molecule has 0 bridgehead atoms. The monoisotopic (exact) mass is 629 g/mol. The third kappa shape index (κ3) is 5.47. The van der Waals surface area contributed by atoms with Crippen molar-refractivity contribution in [1.29, 1.82) is 0 Å². The summed E-state index contributed by atoms with van der Waals surface area (Å²) in [6.45, 7) is 4.41. The molecule has 2 rings (SSSR count). The van der Waals surface area contributed by atoms with Gasteiger partial charge in [-0.3, -0.25) is 0 Å². The number of aromatic nitrogens is 2. The van der Waals surface area contributed by atoms with Crippen molar-refractivity contribution in [3.8, 4) is 10.0 Å². The summed E-state index contributed by atoms with van der Waals surface area (Å²) >= 11 is 10.7. The number of hydrogen-bond donors (Lipinski definition) is 0. The van der Waals surface area contributed by atoms with Gasteiger partial charge in [0.15, 0.2) is 10.0 Å². The number of rotatable bonds is 7. The Morgan fingerprint density at radius 1 is 0.810 bits per heavy atom. The summed E-state index contributed by atoms with van der Waals surface area (Å²) in [5, 5.41) is 2.08. The van der Waals surface area contributed by atoms with Crippen LogP contribution in [-0.4, -0.2) is 9.97 Å². The van der Waals surface area contributed by atoms with Crippen molar-refractivity contribution in [2.75, 3.05) is 0 Å². The standard InChI is InChI=1S/C14H18Br2N2S2.Ir/c1-3-5-7-9-11(15)19-13(17-9)14-18-10(8-6-4-2)12(16)20-14;/h3-8H2,1-2H3;/q;+3. The summed E-state index contributed by atoms with van der Waals surface area (Å²) in [4.78, 5) is 9.50. The molecule has 0 atom stereocenters. The third-order valence-electron chi connectivity index (χ3n) is 3.02. The summed E-state index contributed by atoms with van der Waals surface area (Å²) < 4.78 is 2.31. The van der Waals surface area contributed by atoms with Crippen LogP contribution < -0.4 is 0 Å². The Bertz CT molecular complexity index is 519. The van der Waals surface area contributed by atoms with Crippen LogP contribution in [-0.2, 0) is 32.9 Å². The zero-order chi connectivity index (χ0) is 14.5. The van der Waals surface area contributed by atoms with E-state index in [0.29, 0.717) is 0 Å². The molecule has 0 fully saturated rings. The van der Waals surface area contributed by atoms with E-state index in [2.05, 4.69) is 45.7 Å². The van der Waals surface area contributed by atoms with Crippen LogP contribution in [0.25, 0.3) is 10.0 Å². The summed E-state index contributed by atoms with van der Waals surface area (Å²) in [6, 6.07) is 0. The number of halogens is 2. The molecule has 0 amide bonds. The van der Waals surface area contributed by atoms with Gasteiger partial charge in [-0.05, 0) is 57.5 Å². The van der Waals surface area contributed by atoms with Gasteiger partial charge in [-0.15, -0.1) is 22.7 Å². The van der Waals surface area contributed by atoms with Crippen LogP contribution in [0, 0.1) is 0 Å². The van der Waals surface area contributed by atoms with Crippen LogP contribution in [0.1, 0.15) is 50.9 Å². The van der Waals surface area contributed by atoms with Gasteiger partial charge in [-0.25, -0.2) is 9.97 Å². The Morgan fingerprint density at radius 2 is 1.19 bits per heavy atom. The molecular formula is C14H18Br2IrN2S2+3. The molecule has 0 radical (unpaired) electrons. The van der Waals surface area contributed by atoms with E-state index in [4.69, 9.17) is 9.97 Å². The fraction of sp³-hybridized carbons (Fsp3) is 0.571. The molecule has 0 N–H and O–H groups in total. The first-order valence-electron chi connectivity index (χ1n) is 6.96. The Kier molecular flexibility index (Phi) is 9.37. The molecule has 0 unspecified atom stereocenters. The summed E-state index contributed by atoms with van der Waals surface area (Å²) in [5.41, 5.74) is 2.35. The third-order valence-corrected chi connectivity index (χ3v) is 6.82. The molecule has 0 saturated heterocycles. The zero-order valence-electron chi connectivity index (χ0n) is 12.0. The van der Waals surface area contributed by atoms with E-state index in [-0.39, 0.29) is 20.1 Å². The van der Waals surface area contributed by atoms with Crippen LogP contribution in [0.4, 0.5) is 0 Å². The van der Waals surface area contributed by atoms with E-state index in [0.717, 1.165) is 30.4 Å². The van der Waals surface area contributed by atoms with Crippen LogP contribution in [0.2, 0.25) is 0 Å². The van der Waals surface area contributed by atoms with Crippen molar-refractivity contribution in [3.05, 3.63) is 19.0 Å². The van der Waals surface area contributed by atoms with Crippen LogP contribution in [0.5, 0.6) is 0 Å². The van der Waals surface area contributed by atoms with Gasteiger partial charge in [0.1, 0.15) is 0 Å². The predicted molar refractivity (Wildman–Crippen MR) is 95.8 cm³/mol. The maximum atomic E-state index is 4.75. The summed E-state index contributed by atoms with van der Waals surface area (Å²) in [5.74, 6) is 0. The second-order valence-electron chi connectivity index (χ2n) is 4.69. The van der Waals surface area contributed by atoms with Gasteiger partial charge in [0.2, 0.25) is 0 Å². The average molecular weight is 630 g/mol. The van der Waals surface area contributed by atoms with E-state index in [1.807, 2.05) is 0 Å². The van der Waals surface area contributed by atoms with Gasteiger partial charge in [0, 0.05) is 0 Å². The van der Waals surface area contributed by atoms with E-state index in [1.165, 1.54) is 37.1 Å². The average Bonchev–Trinajstić information content (AvgIpc) is 2.98. The van der Waals surface area contributed by atoms with Crippen molar-refractivity contribution < 1.29 is 20.1 Å². The molecule has 21 heavy (non-hydrogen) atoms. The van der Waals surface area contributed by atoms with Crippen molar-refractivity contribution in [2.45, 2.75) is 52.4 Å². The van der Waals surface area contributed by atoms with Gasteiger partial charge in [-0.2, -0.15) is 0 Å². The molecule has 7 heteroatoms. The van der Waals surface area contributed by atoms with E-state index >= 15 is 0 Å². The molecule has 2 aromatic rings. The van der Waals surface area contributed by atoms with Crippen LogP contribution in [0.3, 0.4) is 0 Å². The molecule has 0 aromatic carbocycles. The minimum atomic E-state index is 0. The first-order valence-corrected chi connectivity index (χ1v) is 10.2. The zero-order valence-corrected chi connectivity index (χ0v) is 19.2. The second-order valence-corrected chi connectivity index (χ2v) is 9.32. The maximum Gasteiger partial charge on any atom is 3.00 e. The van der Waals surface area contributed by atoms with E-state index in [1.54, 1.807) is 22.7 Å². The van der Waals surface area contributed by atoms with Gasteiger partial charge in [0.25, 0.3) is 0 Å². The number of hydrogen-bond acceptors (Lipinski definition) is 4.